The highest BCUT2D eigenvalue weighted by atomic mass is 16.2. The van der Waals surface area contributed by atoms with Gasteiger partial charge in [-0.25, -0.2) is 9.59 Å². The van der Waals surface area contributed by atoms with Crippen molar-refractivity contribution in [1.82, 2.24) is 20.9 Å². The van der Waals surface area contributed by atoms with Crippen LogP contribution in [0.25, 0.3) is 0 Å². The topological polar surface area (TPSA) is 73.5 Å². The summed E-state index contributed by atoms with van der Waals surface area (Å²) < 4.78 is 0. The molecule has 0 aliphatic carbocycles. The Bertz CT molecular complexity index is 547. The maximum absolute atomic E-state index is 12.3. The van der Waals surface area contributed by atoms with Crippen LogP contribution in [0.3, 0.4) is 0 Å². The van der Waals surface area contributed by atoms with Crippen LogP contribution in [0.5, 0.6) is 0 Å². The van der Waals surface area contributed by atoms with Crippen LogP contribution in [0.15, 0.2) is 30.3 Å². The normalized spacial score (nSPS) is 18.3. The van der Waals surface area contributed by atoms with Crippen LogP contribution in [0.1, 0.15) is 38.8 Å². The van der Waals surface area contributed by atoms with Crippen LogP contribution in [0.2, 0.25) is 0 Å². The molecule has 0 radical (unpaired) electrons. The lowest BCUT2D eigenvalue weighted by molar-refractivity contribution is 0.207. The molecule has 3 N–H and O–H groups in total. The highest BCUT2D eigenvalue weighted by molar-refractivity contribution is 5.76. The van der Waals surface area contributed by atoms with Crippen LogP contribution in [0.4, 0.5) is 9.59 Å². The number of hydrogen-bond donors (Lipinski definition) is 3. The highest BCUT2D eigenvalue weighted by Gasteiger charge is 2.28. The van der Waals surface area contributed by atoms with Gasteiger partial charge in [0.2, 0.25) is 0 Å². The van der Waals surface area contributed by atoms with Crippen molar-refractivity contribution in [1.29, 1.82) is 0 Å². The molecule has 2 rings (SSSR count). The van der Waals surface area contributed by atoms with Gasteiger partial charge in [-0.15, -0.1) is 0 Å². The third-order valence-electron chi connectivity index (χ3n) is 4.25. The number of urea groups is 2. The molecule has 1 heterocycles. The predicted octanol–water partition coefficient (Wildman–Crippen LogP) is 2.49. The fourth-order valence-corrected chi connectivity index (χ4v) is 2.99. The van der Waals surface area contributed by atoms with Gasteiger partial charge in [-0.3, -0.25) is 0 Å². The van der Waals surface area contributed by atoms with Crippen molar-refractivity contribution >= 4 is 12.1 Å². The fourth-order valence-electron chi connectivity index (χ4n) is 2.99. The first-order chi connectivity index (χ1) is 11.5. The molecule has 6 nitrogen and oxygen atoms in total. The monoisotopic (exact) mass is 332 g/mol. The molecule has 0 saturated carbocycles. The molecule has 132 valence electrons. The minimum atomic E-state index is -0.180. The third-order valence-corrected chi connectivity index (χ3v) is 4.25. The minimum absolute atomic E-state index is 0.00353. The second-order valence-electron chi connectivity index (χ2n) is 6.52. The van der Waals surface area contributed by atoms with Gasteiger partial charge in [-0.05, 0) is 24.8 Å². The van der Waals surface area contributed by atoms with Gasteiger partial charge < -0.3 is 20.9 Å². The Hall–Kier alpha value is -2.24. The lowest BCUT2D eigenvalue weighted by Crippen LogP contribution is -2.46. The number of likely N-dealkylation sites (tertiary alicyclic amines) is 1. The molecule has 1 saturated heterocycles. The Morgan fingerprint density at radius 3 is 2.58 bits per heavy atom. The lowest BCUT2D eigenvalue weighted by atomic mass is 9.96. The van der Waals surface area contributed by atoms with Gasteiger partial charge in [0.05, 0.1) is 6.04 Å². The van der Waals surface area contributed by atoms with Crippen molar-refractivity contribution in [3.05, 3.63) is 35.9 Å². The average molecular weight is 332 g/mol. The number of carbonyl (C=O) groups excluding carboxylic acids is 2. The number of carbonyl (C=O) groups is 2. The van der Waals surface area contributed by atoms with E-state index < -0.39 is 0 Å². The first kappa shape index (κ1) is 18.1. The Balaban J connectivity index is 1.87. The molecular formula is C18H28N4O2. The number of rotatable bonds is 5. The summed E-state index contributed by atoms with van der Waals surface area (Å²) >= 11 is 0. The van der Waals surface area contributed by atoms with E-state index >= 15 is 0 Å². The van der Waals surface area contributed by atoms with E-state index in [1.54, 1.807) is 4.90 Å². The van der Waals surface area contributed by atoms with Crippen molar-refractivity contribution in [3.8, 4) is 0 Å². The van der Waals surface area contributed by atoms with E-state index in [4.69, 9.17) is 0 Å². The van der Waals surface area contributed by atoms with Crippen LogP contribution in [-0.4, -0.2) is 42.6 Å². The van der Waals surface area contributed by atoms with Crippen LogP contribution < -0.4 is 16.0 Å². The lowest BCUT2D eigenvalue weighted by Gasteiger charge is -2.24. The summed E-state index contributed by atoms with van der Waals surface area (Å²) in [7, 11) is 0. The second-order valence-corrected chi connectivity index (χ2v) is 6.52. The predicted molar refractivity (Wildman–Crippen MR) is 94.7 cm³/mol. The van der Waals surface area contributed by atoms with Crippen molar-refractivity contribution < 1.29 is 9.59 Å². The largest absolute Gasteiger partial charge is 0.338 e. The Morgan fingerprint density at radius 1 is 1.25 bits per heavy atom. The molecule has 6 heteroatoms. The number of benzene rings is 1. The van der Waals surface area contributed by atoms with Crippen molar-refractivity contribution in [2.24, 2.45) is 5.92 Å². The maximum atomic E-state index is 12.3. The fraction of sp³-hybridized carbons (Fsp3) is 0.556. The van der Waals surface area contributed by atoms with Gasteiger partial charge >= 0.3 is 12.1 Å². The van der Waals surface area contributed by atoms with E-state index in [2.05, 4.69) is 29.8 Å². The van der Waals surface area contributed by atoms with E-state index in [0.717, 1.165) is 12.0 Å². The van der Waals surface area contributed by atoms with Crippen molar-refractivity contribution in [2.45, 2.75) is 39.3 Å². The molecule has 0 unspecified atom stereocenters. The molecule has 0 bridgehead atoms. The summed E-state index contributed by atoms with van der Waals surface area (Å²) in [5.41, 5.74) is 1.10. The summed E-state index contributed by atoms with van der Waals surface area (Å²) in [5.74, 6) is 0.286. The number of nitrogens with zero attached hydrogens (tertiary/aromatic N) is 1. The zero-order chi connectivity index (χ0) is 17.5. The smallest absolute Gasteiger partial charge is 0.317 e. The molecule has 1 aliphatic heterocycles. The zero-order valence-electron chi connectivity index (χ0n) is 14.7. The quantitative estimate of drug-likeness (QED) is 0.775. The van der Waals surface area contributed by atoms with Crippen LogP contribution in [0, 0.1) is 5.92 Å². The van der Waals surface area contributed by atoms with E-state index in [-0.39, 0.29) is 30.1 Å². The summed E-state index contributed by atoms with van der Waals surface area (Å²) in [6.07, 6.45) is 0.780. The molecule has 0 aromatic heterocycles. The molecule has 1 aromatic carbocycles. The molecule has 24 heavy (non-hydrogen) atoms. The van der Waals surface area contributed by atoms with E-state index in [9.17, 15) is 9.59 Å². The maximum Gasteiger partial charge on any atom is 0.317 e. The molecule has 0 spiro atoms. The molecule has 4 amide bonds. The van der Waals surface area contributed by atoms with Gasteiger partial charge in [0, 0.05) is 25.7 Å². The Kier molecular flexibility index (Phi) is 6.46. The first-order valence-electron chi connectivity index (χ1n) is 8.66. The van der Waals surface area contributed by atoms with E-state index in [0.29, 0.717) is 19.6 Å². The summed E-state index contributed by atoms with van der Waals surface area (Å²) in [6, 6.07) is 9.69. The SMILES string of the molecule is CCNC(=O)N1CC[C@H](NC(=O)N[C@H](c2ccccc2)C(C)C)C1. The van der Waals surface area contributed by atoms with Gasteiger partial charge in [-0.1, -0.05) is 44.2 Å². The van der Waals surface area contributed by atoms with Crippen molar-refractivity contribution in [2.75, 3.05) is 19.6 Å². The number of hydrogen-bond acceptors (Lipinski definition) is 2. The summed E-state index contributed by atoms with van der Waals surface area (Å²) in [4.78, 5) is 25.9. The summed E-state index contributed by atoms with van der Waals surface area (Å²) in [6.45, 7) is 7.91. The molecule has 2 atom stereocenters. The van der Waals surface area contributed by atoms with E-state index in [1.165, 1.54) is 0 Å². The number of nitrogens with one attached hydrogen (secondary N) is 3. The second kappa shape index (κ2) is 8.57. The summed E-state index contributed by atoms with van der Waals surface area (Å²) in [5, 5.41) is 8.84. The van der Waals surface area contributed by atoms with Crippen LogP contribution in [-0.2, 0) is 0 Å². The molecule has 1 aromatic rings. The van der Waals surface area contributed by atoms with Gasteiger partial charge in [-0.2, -0.15) is 0 Å². The van der Waals surface area contributed by atoms with Gasteiger partial charge in [0.1, 0.15) is 0 Å². The molecule has 1 aliphatic rings. The Morgan fingerprint density at radius 2 is 1.96 bits per heavy atom. The minimum Gasteiger partial charge on any atom is -0.338 e. The first-order valence-corrected chi connectivity index (χ1v) is 8.66. The van der Waals surface area contributed by atoms with Gasteiger partial charge in [0.25, 0.3) is 0 Å². The zero-order valence-corrected chi connectivity index (χ0v) is 14.7. The van der Waals surface area contributed by atoms with Gasteiger partial charge in [0.15, 0.2) is 0 Å². The third kappa shape index (κ3) is 4.88. The van der Waals surface area contributed by atoms with Crippen molar-refractivity contribution in [3.63, 3.8) is 0 Å². The Labute approximate surface area is 144 Å². The molecular weight excluding hydrogens is 304 g/mol. The average Bonchev–Trinajstić information content (AvgIpc) is 3.02. The van der Waals surface area contributed by atoms with E-state index in [1.807, 2.05) is 37.3 Å². The number of amides is 4. The highest BCUT2D eigenvalue weighted by Crippen LogP contribution is 2.21. The van der Waals surface area contributed by atoms with Crippen LogP contribution >= 0.6 is 0 Å². The molecule has 1 fully saturated rings. The standard InChI is InChI=1S/C18H28N4O2/c1-4-19-18(24)22-11-10-15(12-22)20-17(23)21-16(13(2)3)14-8-6-5-7-9-14/h5-9,13,15-16H,4,10-12H2,1-3H3,(H,19,24)(H2,20,21,23)/t15-,16-/m0/s1.